The summed E-state index contributed by atoms with van der Waals surface area (Å²) in [5, 5.41) is 3.03. The van der Waals surface area contributed by atoms with Crippen LogP contribution in [0.5, 0.6) is 5.75 Å². The number of para-hydroxylation sites is 1. The van der Waals surface area contributed by atoms with Crippen LogP contribution >= 0.6 is 0 Å². The van der Waals surface area contributed by atoms with Crippen LogP contribution in [0.15, 0.2) is 54.7 Å². The molecule has 0 saturated carbocycles. The van der Waals surface area contributed by atoms with Gasteiger partial charge < -0.3 is 15.8 Å². The van der Waals surface area contributed by atoms with Gasteiger partial charge in [0.15, 0.2) is 11.6 Å². The lowest BCUT2D eigenvalue weighted by Crippen LogP contribution is -2.14. The van der Waals surface area contributed by atoms with Gasteiger partial charge in [-0.25, -0.2) is 13.8 Å². The van der Waals surface area contributed by atoms with Crippen LogP contribution in [0.2, 0.25) is 0 Å². The SMILES string of the molecule is Nc1nc(NCCOc2ccccc2)ncc1Cc1ccc(F)c(F)c1. The number of rotatable bonds is 7. The van der Waals surface area contributed by atoms with E-state index in [0.29, 0.717) is 36.6 Å². The summed E-state index contributed by atoms with van der Waals surface area (Å²) in [6.07, 6.45) is 1.89. The molecule has 3 rings (SSSR count). The van der Waals surface area contributed by atoms with Gasteiger partial charge in [0.2, 0.25) is 5.95 Å². The number of ether oxygens (including phenoxy) is 1. The number of nitrogens with two attached hydrogens (primary N) is 1. The molecule has 3 aromatic rings. The van der Waals surface area contributed by atoms with Gasteiger partial charge in [-0.15, -0.1) is 0 Å². The van der Waals surface area contributed by atoms with Crippen molar-refractivity contribution in [3.8, 4) is 5.75 Å². The maximum atomic E-state index is 13.3. The molecule has 0 saturated heterocycles. The lowest BCUT2D eigenvalue weighted by molar-refractivity contribution is 0.332. The molecule has 0 aliphatic carbocycles. The van der Waals surface area contributed by atoms with Gasteiger partial charge in [0.1, 0.15) is 18.2 Å². The Morgan fingerprint density at radius 3 is 2.58 bits per heavy atom. The highest BCUT2D eigenvalue weighted by atomic mass is 19.2. The zero-order valence-corrected chi connectivity index (χ0v) is 14.0. The van der Waals surface area contributed by atoms with Crippen LogP contribution in [0.3, 0.4) is 0 Å². The third kappa shape index (κ3) is 4.66. The number of aromatic nitrogens is 2. The first kappa shape index (κ1) is 17.6. The van der Waals surface area contributed by atoms with Crippen LogP contribution in [0.1, 0.15) is 11.1 Å². The molecule has 1 heterocycles. The van der Waals surface area contributed by atoms with E-state index in [0.717, 1.165) is 17.9 Å². The molecule has 0 radical (unpaired) electrons. The summed E-state index contributed by atoms with van der Waals surface area (Å²) >= 11 is 0. The lowest BCUT2D eigenvalue weighted by Gasteiger charge is -2.10. The number of hydrogen-bond donors (Lipinski definition) is 2. The van der Waals surface area contributed by atoms with Crippen LogP contribution in [-0.2, 0) is 6.42 Å². The van der Waals surface area contributed by atoms with Crippen molar-refractivity contribution >= 4 is 11.8 Å². The smallest absolute Gasteiger partial charge is 0.224 e. The van der Waals surface area contributed by atoms with Crippen molar-refractivity contribution in [2.24, 2.45) is 0 Å². The number of nitrogen functional groups attached to an aromatic ring is 1. The molecular weight excluding hydrogens is 338 g/mol. The van der Waals surface area contributed by atoms with Crippen molar-refractivity contribution in [2.45, 2.75) is 6.42 Å². The highest BCUT2D eigenvalue weighted by Gasteiger charge is 2.08. The number of nitrogens with one attached hydrogen (secondary N) is 1. The molecule has 134 valence electrons. The Balaban J connectivity index is 1.54. The average molecular weight is 356 g/mol. The molecule has 0 atom stereocenters. The first-order chi connectivity index (χ1) is 12.6. The van der Waals surface area contributed by atoms with Crippen LogP contribution < -0.4 is 15.8 Å². The number of benzene rings is 2. The molecule has 5 nitrogen and oxygen atoms in total. The van der Waals surface area contributed by atoms with Gasteiger partial charge in [0, 0.05) is 18.2 Å². The van der Waals surface area contributed by atoms with E-state index < -0.39 is 11.6 Å². The molecular formula is C19H18F2N4O. The third-order valence-corrected chi connectivity index (χ3v) is 3.67. The largest absolute Gasteiger partial charge is 0.492 e. The van der Waals surface area contributed by atoms with E-state index in [1.807, 2.05) is 30.3 Å². The van der Waals surface area contributed by atoms with Crippen molar-refractivity contribution < 1.29 is 13.5 Å². The Morgan fingerprint density at radius 2 is 1.85 bits per heavy atom. The van der Waals surface area contributed by atoms with E-state index in [-0.39, 0.29) is 5.82 Å². The van der Waals surface area contributed by atoms with E-state index in [1.165, 1.54) is 6.07 Å². The number of anilines is 2. The second-order valence-electron chi connectivity index (χ2n) is 5.62. The Morgan fingerprint density at radius 1 is 1.04 bits per heavy atom. The predicted molar refractivity (Wildman–Crippen MR) is 96.0 cm³/mol. The predicted octanol–water partition coefficient (Wildman–Crippen LogP) is 3.42. The standard InChI is InChI=1S/C19H18F2N4O/c20-16-7-6-13(11-17(16)21)10-14-12-24-19(25-18(14)22)23-8-9-26-15-4-2-1-3-5-15/h1-7,11-12H,8-10H2,(H3,22,23,24,25). The fourth-order valence-corrected chi connectivity index (χ4v) is 2.36. The normalized spacial score (nSPS) is 10.5. The fraction of sp³-hybridized carbons (Fsp3) is 0.158. The second kappa shape index (κ2) is 8.24. The fourth-order valence-electron chi connectivity index (χ4n) is 2.36. The third-order valence-electron chi connectivity index (χ3n) is 3.67. The minimum atomic E-state index is -0.890. The average Bonchev–Trinajstić information content (AvgIpc) is 2.65. The Kier molecular flexibility index (Phi) is 5.58. The summed E-state index contributed by atoms with van der Waals surface area (Å²) in [5.74, 6) is -0.310. The van der Waals surface area contributed by atoms with Crippen molar-refractivity contribution in [3.05, 3.63) is 77.5 Å². The van der Waals surface area contributed by atoms with Crippen LogP contribution in [0.25, 0.3) is 0 Å². The minimum absolute atomic E-state index is 0.288. The van der Waals surface area contributed by atoms with Crippen molar-refractivity contribution in [1.82, 2.24) is 9.97 Å². The van der Waals surface area contributed by atoms with Gasteiger partial charge in [-0.05, 0) is 29.8 Å². The lowest BCUT2D eigenvalue weighted by atomic mass is 10.1. The highest BCUT2D eigenvalue weighted by molar-refractivity contribution is 5.45. The van der Waals surface area contributed by atoms with Gasteiger partial charge in [-0.1, -0.05) is 24.3 Å². The maximum Gasteiger partial charge on any atom is 0.224 e. The summed E-state index contributed by atoms with van der Waals surface area (Å²) in [4.78, 5) is 8.38. The van der Waals surface area contributed by atoms with Crippen LogP contribution in [0, 0.1) is 11.6 Å². The van der Waals surface area contributed by atoms with Gasteiger partial charge in [-0.3, -0.25) is 0 Å². The molecule has 0 fully saturated rings. The van der Waals surface area contributed by atoms with Gasteiger partial charge in [0.05, 0.1) is 6.54 Å². The topological polar surface area (TPSA) is 73.1 Å². The molecule has 0 bridgehead atoms. The van der Waals surface area contributed by atoms with Crippen molar-refractivity contribution in [3.63, 3.8) is 0 Å². The molecule has 0 aliphatic rings. The monoisotopic (exact) mass is 356 g/mol. The van der Waals surface area contributed by atoms with Crippen molar-refractivity contribution in [2.75, 3.05) is 24.2 Å². The molecule has 0 amide bonds. The first-order valence-corrected chi connectivity index (χ1v) is 8.09. The molecule has 2 aromatic carbocycles. The Hall–Kier alpha value is -3.22. The first-order valence-electron chi connectivity index (χ1n) is 8.09. The number of hydrogen-bond acceptors (Lipinski definition) is 5. The molecule has 3 N–H and O–H groups in total. The molecule has 0 aliphatic heterocycles. The summed E-state index contributed by atoms with van der Waals surface area (Å²) in [6, 6.07) is 13.2. The van der Waals surface area contributed by atoms with E-state index in [9.17, 15) is 8.78 Å². The molecule has 1 aromatic heterocycles. The highest BCUT2D eigenvalue weighted by Crippen LogP contribution is 2.17. The Labute approximate surface area is 149 Å². The zero-order valence-electron chi connectivity index (χ0n) is 14.0. The molecule has 0 spiro atoms. The summed E-state index contributed by atoms with van der Waals surface area (Å²) in [5.41, 5.74) is 7.18. The zero-order chi connectivity index (χ0) is 18.4. The van der Waals surface area contributed by atoms with Gasteiger partial charge in [-0.2, -0.15) is 4.98 Å². The number of halogens is 2. The van der Waals surface area contributed by atoms with E-state index >= 15 is 0 Å². The van der Waals surface area contributed by atoms with Crippen LogP contribution in [-0.4, -0.2) is 23.1 Å². The molecule has 7 heteroatoms. The Bertz CT molecular complexity index is 875. The second-order valence-corrected chi connectivity index (χ2v) is 5.62. The quantitative estimate of drug-likeness (QED) is 0.635. The van der Waals surface area contributed by atoms with E-state index in [1.54, 1.807) is 6.20 Å². The van der Waals surface area contributed by atoms with Gasteiger partial charge >= 0.3 is 0 Å². The summed E-state index contributed by atoms with van der Waals surface area (Å²) in [7, 11) is 0. The summed E-state index contributed by atoms with van der Waals surface area (Å²) in [6.45, 7) is 0.959. The van der Waals surface area contributed by atoms with E-state index in [2.05, 4.69) is 15.3 Å². The number of nitrogens with zero attached hydrogens (tertiary/aromatic N) is 2. The molecule has 0 unspecified atom stereocenters. The van der Waals surface area contributed by atoms with Crippen LogP contribution in [0.4, 0.5) is 20.5 Å². The molecule has 26 heavy (non-hydrogen) atoms. The summed E-state index contributed by atoms with van der Waals surface area (Å²) < 4.78 is 31.8. The maximum absolute atomic E-state index is 13.3. The minimum Gasteiger partial charge on any atom is -0.492 e. The van der Waals surface area contributed by atoms with E-state index in [4.69, 9.17) is 10.5 Å². The van der Waals surface area contributed by atoms with Gasteiger partial charge in [0.25, 0.3) is 0 Å². The van der Waals surface area contributed by atoms with Crippen molar-refractivity contribution in [1.29, 1.82) is 0 Å².